The van der Waals surface area contributed by atoms with Crippen LogP contribution in [0.15, 0.2) is 0 Å². The van der Waals surface area contributed by atoms with Crippen LogP contribution in [-0.4, -0.2) is 74.0 Å². The number of carboxylic acids is 2. The molecule has 0 radical (unpaired) electrons. The lowest BCUT2D eigenvalue weighted by Gasteiger charge is -2.31. The van der Waals surface area contributed by atoms with Gasteiger partial charge in [-0.1, -0.05) is 21.6 Å². The summed E-state index contributed by atoms with van der Waals surface area (Å²) in [5.41, 5.74) is 3.46. The minimum atomic E-state index is -1.58. The summed E-state index contributed by atoms with van der Waals surface area (Å²) in [6.45, 7) is 9.45. The van der Waals surface area contributed by atoms with E-state index >= 15 is 0 Å². The van der Waals surface area contributed by atoms with Crippen LogP contribution in [0.2, 0.25) is 0 Å². The van der Waals surface area contributed by atoms with Gasteiger partial charge in [0.25, 0.3) is 0 Å². The van der Waals surface area contributed by atoms with Gasteiger partial charge in [0.2, 0.25) is 0 Å². The fraction of sp³-hybridized carbons (Fsp3) is 0.750. The lowest BCUT2D eigenvalue weighted by Crippen LogP contribution is -2.53. The van der Waals surface area contributed by atoms with E-state index in [4.69, 9.17) is 20.3 Å². The van der Waals surface area contributed by atoms with E-state index in [1.165, 1.54) is 0 Å². The molecule has 0 saturated heterocycles. The zero-order valence-electron chi connectivity index (χ0n) is 16.8. The van der Waals surface area contributed by atoms with Crippen LogP contribution < -0.4 is 5.73 Å². The number of nitrogens with two attached hydrogens (primary N) is 1. The number of nitrogens with zero attached hydrogens (tertiary/aromatic N) is 1. The van der Waals surface area contributed by atoms with Crippen molar-refractivity contribution < 1.29 is 38.9 Å². The Hall–Kier alpha value is -1.66. The molecule has 0 saturated carbocycles. The number of rotatable bonds is 8. The summed E-state index contributed by atoms with van der Waals surface area (Å²) in [6, 6.07) is -2.70. The predicted molar refractivity (Wildman–Crippen MR) is 106 cm³/mol. The molecule has 0 aromatic carbocycles. The van der Waals surface area contributed by atoms with Crippen molar-refractivity contribution >= 4 is 45.7 Å². The number of carbonyl (C=O) groups excluding carboxylic acids is 2. The van der Waals surface area contributed by atoms with Crippen molar-refractivity contribution in [2.45, 2.75) is 64.8 Å². The number of carbonyl (C=O) groups is 4. The highest BCUT2D eigenvalue weighted by molar-refractivity contribution is 8.76. The van der Waals surface area contributed by atoms with Crippen molar-refractivity contribution in [3.8, 4) is 0 Å². The number of ether oxygens (including phenoxy) is 2. The van der Waals surface area contributed by atoms with E-state index in [0.717, 1.165) is 21.6 Å². The second-order valence-corrected chi connectivity index (χ2v) is 10.3. The van der Waals surface area contributed by atoms with Crippen LogP contribution in [0, 0.1) is 0 Å². The fourth-order valence-electron chi connectivity index (χ4n) is 1.51. The van der Waals surface area contributed by atoms with Crippen LogP contribution >= 0.6 is 21.6 Å². The average Bonchev–Trinajstić information content (AvgIpc) is 2.45. The van der Waals surface area contributed by atoms with Crippen LogP contribution in [0.4, 0.5) is 9.59 Å². The summed E-state index contributed by atoms with van der Waals surface area (Å²) in [5.74, 6) is -2.82. The first-order valence-electron chi connectivity index (χ1n) is 8.26. The number of amides is 2. The van der Waals surface area contributed by atoms with Gasteiger partial charge in [-0.3, -0.25) is 4.79 Å². The van der Waals surface area contributed by atoms with Gasteiger partial charge < -0.3 is 25.4 Å². The molecule has 0 unspecified atom stereocenters. The van der Waals surface area contributed by atoms with E-state index in [0.29, 0.717) is 4.90 Å². The SMILES string of the molecule is CC(C)(C)OC(=O)N(C(=O)OC(C)(C)C)[C@@H](CSSC[C@H](N)C(=O)O)C(=O)O. The van der Waals surface area contributed by atoms with Gasteiger partial charge in [0.1, 0.15) is 17.2 Å². The van der Waals surface area contributed by atoms with Crippen molar-refractivity contribution in [2.75, 3.05) is 11.5 Å². The largest absolute Gasteiger partial charge is 0.480 e. The fourth-order valence-corrected chi connectivity index (χ4v) is 3.82. The molecule has 0 heterocycles. The monoisotopic (exact) mass is 440 g/mol. The van der Waals surface area contributed by atoms with E-state index in [1.54, 1.807) is 41.5 Å². The van der Waals surface area contributed by atoms with Crippen molar-refractivity contribution in [3.63, 3.8) is 0 Å². The smallest absolute Gasteiger partial charge is 0.420 e. The summed E-state index contributed by atoms with van der Waals surface area (Å²) in [5, 5.41) is 18.3. The Bertz CT molecular complexity index is 558. The second kappa shape index (κ2) is 10.8. The molecule has 0 aliphatic carbocycles. The molecule has 0 rings (SSSR count). The van der Waals surface area contributed by atoms with Gasteiger partial charge in [0.05, 0.1) is 0 Å². The molecule has 0 aromatic heterocycles. The van der Waals surface area contributed by atoms with Crippen molar-refractivity contribution in [2.24, 2.45) is 5.73 Å². The Morgan fingerprint density at radius 3 is 1.57 bits per heavy atom. The maximum Gasteiger partial charge on any atom is 0.420 e. The van der Waals surface area contributed by atoms with Gasteiger partial charge in [-0.15, -0.1) is 0 Å². The molecule has 0 spiro atoms. The minimum Gasteiger partial charge on any atom is -0.480 e. The molecule has 0 bridgehead atoms. The van der Waals surface area contributed by atoms with E-state index in [1.807, 2.05) is 0 Å². The quantitative estimate of drug-likeness (QED) is 0.376. The van der Waals surface area contributed by atoms with Crippen molar-refractivity contribution in [3.05, 3.63) is 0 Å². The van der Waals surface area contributed by atoms with Crippen LogP contribution in [0.1, 0.15) is 41.5 Å². The normalized spacial score (nSPS) is 14.0. The molecule has 2 amide bonds. The van der Waals surface area contributed by atoms with Gasteiger partial charge in [-0.05, 0) is 41.5 Å². The Labute approximate surface area is 171 Å². The zero-order chi connectivity index (χ0) is 22.3. The topological polar surface area (TPSA) is 156 Å². The van der Waals surface area contributed by atoms with E-state index in [2.05, 4.69) is 0 Å². The summed E-state index contributed by atoms with van der Waals surface area (Å²) in [6.07, 6.45) is -2.30. The maximum absolute atomic E-state index is 12.5. The molecule has 28 heavy (non-hydrogen) atoms. The average molecular weight is 441 g/mol. The Morgan fingerprint density at radius 1 is 0.857 bits per heavy atom. The van der Waals surface area contributed by atoms with Gasteiger partial charge in [-0.2, -0.15) is 4.90 Å². The lowest BCUT2D eigenvalue weighted by molar-refractivity contribution is -0.142. The van der Waals surface area contributed by atoms with Crippen molar-refractivity contribution in [1.29, 1.82) is 0 Å². The van der Waals surface area contributed by atoms with Crippen LogP contribution in [-0.2, 0) is 19.1 Å². The Kier molecular flexibility index (Phi) is 10.1. The Balaban J connectivity index is 5.39. The third kappa shape index (κ3) is 10.6. The summed E-state index contributed by atoms with van der Waals surface area (Å²) < 4.78 is 10.3. The third-order valence-electron chi connectivity index (χ3n) is 2.65. The molecule has 162 valence electrons. The van der Waals surface area contributed by atoms with E-state index in [-0.39, 0.29) is 11.5 Å². The van der Waals surface area contributed by atoms with E-state index < -0.39 is 47.4 Å². The highest BCUT2D eigenvalue weighted by Gasteiger charge is 2.40. The minimum absolute atomic E-state index is 0.0191. The summed E-state index contributed by atoms with van der Waals surface area (Å²) in [7, 11) is 1.99. The molecule has 0 aliphatic rings. The highest BCUT2D eigenvalue weighted by atomic mass is 33.1. The number of hydrogen-bond donors (Lipinski definition) is 3. The molecule has 2 atom stereocenters. The molecule has 10 nitrogen and oxygen atoms in total. The molecule has 4 N–H and O–H groups in total. The summed E-state index contributed by atoms with van der Waals surface area (Å²) >= 11 is 0. The standard InChI is InChI=1S/C16H28N2O8S2/c1-15(2,3)25-13(23)18(14(24)26-16(4,5)6)10(12(21)22)8-28-27-7-9(17)11(19)20/h9-10H,7-8,17H2,1-6H3,(H,19,20)(H,21,22)/t9-,10-/m0/s1. The van der Waals surface area contributed by atoms with Gasteiger partial charge in [0.15, 0.2) is 6.04 Å². The van der Waals surface area contributed by atoms with Gasteiger partial charge in [0, 0.05) is 11.5 Å². The lowest BCUT2D eigenvalue weighted by atomic mass is 10.2. The number of carboxylic acid groups (broad SMARTS) is 2. The van der Waals surface area contributed by atoms with Crippen molar-refractivity contribution in [1.82, 2.24) is 4.90 Å². The van der Waals surface area contributed by atoms with Crippen LogP contribution in [0.3, 0.4) is 0 Å². The molecule has 0 fully saturated rings. The van der Waals surface area contributed by atoms with Crippen LogP contribution in [0.5, 0.6) is 0 Å². The first-order valence-corrected chi connectivity index (χ1v) is 10.7. The summed E-state index contributed by atoms with van der Waals surface area (Å²) in [4.78, 5) is 47.8. The molecule has 0 aliphatic heterocycles. The second-order valence-electron chi connectivity index (χ2n) is 7.70. The number of aliphatic carboxylic acids is 2. The molecular weight excluding hydrogens is 412 g/mol. The van der Waals surface area contributed by atoms with E-state index in [9.17, 15) is 24.3 Å². The zero-order valence-corrected chi connectivity index (χ0v) is 18.4. The van der Waals surface area contributed by atoms with Gasteiger partial charge >= 0.3 is 24.1 Å². The number of imide groups is 1. The first kappa shape index (κ1) is 26.3. The van der Waals surface area contributed by atoms with Gasteiger partial charge in [-0.25, -0.2) is 14.4 Å². The predicted octanol–water partition coefficient (Wildman–Crippen LogP) is 2.41. The third-order valence-corrected chi connectivity index (χ3v) is 5.08. The molecule has 0 aromatic rings. The molecule has 12 heteroatoms. The first-order chi connectivity index (χ1) is 12.5. The number of hydrogen-bond acceptors (Lipinski definition) is 9. The van der Waals surface area contributed by atoms with Crippen LogP contribution in [0.25, 0.3) is 0 Å². The maximum atomic E-state index is 12.5. The molecular formula is C16H28N2O8S2. The highest BCUT2D eigenvalue weighted by Crippen LogP contribution is 2.26. The Morgan fingerprint density at radius 2 is 1.25 bits per heavy atom.